The van der Waals surface area contributed by atoms with Gasteiger partial charge in [-0.25, -0.2) is 4.98 Å². The number of nitrogens with one attached hydrogen (secondary N) is 1. The molecule has 2 heterocycles. The second-order valence-electron chi connectivity index (χ2n) is 6.52. The summed E-state index contributed by atoms with van der Waals surface area (Å²) in [6, 6.07) is 8.33. The van der Waals surface area contributed by atoms with Crippen LogP contribution in [-0.2, 0) is 9.53 Å². The lowest BCUT2D eigenvalue weighted by molar-refractivity contribution is -0.119. The van der Waals surface area contributed by atoms with Crippen LogP contribution < -0.4 is 5.32 Å². The molecule has 1 atom stereocenters. The van der Waals surface area contributed by atoms with Gasteiger partial charge < -0.3 is 10.1 Å². The largest absolute Gasteiger partial charge is 0.376 e. The summed E-state index contributed by atoms with van der Waals surface area (Å²) in [4.78, 5) is 16.5. The quantitative estimate of drug-likeness (QED) is 0.770. The fraction of sp³-hybridized carbons (Fsp3) is 0.474. The molecule has 1 aromatic heterocycles. The maximum absolute atomic E-state index is 12.1. The predicted octanol–water partition coefficient (Wildman–Crippen LogP) is 3.38. The van der Waals surface area contributed by atoms with Crippen LogP contribution in [0.5, 0.6) is 0 Å². The normalized spacial score (nSPS) is 17.2. The molecule has 1 N–H and O–H groups in total. The van der Waals surface area contributed by atoms with Crippen LogP contribution in [0.2, 0.25) is 0 Å². The number of nitrogens with zero attached hydrogens (tertiary/aromatic N) is 2. The Morgan fingerprint density at radius 2 is 2.28 bits per heavy atom. The smallest absolute Gasteiger partial charge is 0.230 e. The number of carbonyl (C=O) groups excluding carboxylic acids is 1. The topological polar surface area (TPSA) is 56.2 Å². The maximum Gasteiger partial charge on any atom is 0.230 e. The van der Waals surface area contributed by atoms with Crippen molar-refractivity contribution >= 4 is 17.7 Å². The van der Waals surface area contributed by atoms with Crippen LogP contribution in [-0.4, -0.2) is 40.5 Å². The summed E-state index contributed by atoms with van der Waals surface area (Å²) in [5, 5.41) is 3.79. The van der Waals surface area contributed by atoms with E-state index in [1.54, 1.807) is 6.20 Å². The number of para-hydroxylation sites is 1. The van der Waals surface area contributed by atoms with Crippen LogP contribution in [0.15, 0.2) is 41.8 Å². The maximum atomic E-state index is 12.1. The summed E-state index contributed by atoms with van der Waals surface area (Å²) in [6.07, 6.45) is 6.03. The molecule has 1 aromatic carbocycles. The lowest BCUT2D eigenvalue weighted by atomic mass is 10.0. The molecular weight excluding hydrogens is 334 g/mol. The number of ether oxygens (including phenoxy) is 1. The molecule has 0 radical (unpaired) electrons. The lowest BCUT2D eigenvalue weighted by Gasteiger charge is -2.15. The number of benzene rings is 1. The van der Waals surface area contributed by atoms with Gasteiger partial charge in [0.15, 0.2) is 5.16 Å². The van der Waals surface area contributed by atoms with E-state index < -0.39 is 0 Å². The van der Waals surface area contributed by atoms with Crippen molar-refractivity contribution in [1.82, 2.24) is 14.9 Å². The van der Waals surface area contributed by atoms with Crippen LogP contribution in [0.3, 0.4) is 0 Å². The number of hydrogen-bond acceptors (Lipinski definition) is 4. The van der Waals surface area contributed by atoms with E-state index in [4.69, 9.17) is 4.74 Å². The Morgan fingerprint density at radius 3 is 3.04 bits per heavy atom. The molecule has 0 spiro atoms. The summed E-state index contributed by atoms with van der Waals surface area (Å²) >= 11 is 1.46. The Bertz CT molecular complexity index is 708. The van der Waals surface area contributed by atoms with E-state index in [0.29, 0.717) is 18.2 Å². The Morgan fingerprint density at radius 1 is 1.44 bits per heavy atom. The Hall–Kier alpha value is -1.79. The first kappa shape index (κ1) is 18.0. The van der Waals surface area contributed by atoms with Gasteiger partial charge in [0, 0.05) is 25.5 Å². The van der Waals surface area contributed by atoms with Crippen LogP contribution in [0, 0.1) is 0 Å². The van der Waals surface area contributed by atoms with Crippen LogP contribution in [0.1, 0.15) is 38.2 Å². The van der Waals surface area contributed by atoms with E-state index in [9.17, 15) is 4.79 Å². The summed E-state index contributed by atoms with van der Waals surface area (Å²) in [7, 11) is 0. The zero-order valence-electron chi connectivity index (χ0n) is 14.8. The van der Waals surface area contributed by atoms with Crippen molar-refractivity contribution in [2.75, 3.05) is 18.9 Å². The third-order valence-corrected chi connectivity index (χ3v) is 5.28. The number of imidazole rings is 1. The molecule has 5 nitrogen and oxygen atoms in total. The molecule has 1 aliphatic heterocycles. The number of amides is 1. The van der Waals surface area contributed by atoms with Crippen LogP contribution in [0.25, 0.3) is 5.69 Å². The van der Waals surface area contributed by atoms with Gasteiger partial charge in [0.05, 0.1) is 17.5 Å². The van der Waals surface area contributed by atoms with Gasteiger partial charge in [0.2, 0.25) is 5.91 Å². The molecule has 0 aliphatic carbocycles. The van der Waals surface area contributed by atoms with Crippen molar-refractivity contribution in [3.05, 3.63) is 42.2 Å². The van der Waals surface area contributed by atoms with Gasteiger partial charge in [-0.15, -0.1) is 0 Å². The molecule has 1 fully saturated rings. The zero-order chi connectivity index (χ0) is 17.6. The van der Waals surface area contributed by atoms with E-state index in [-0.39, 0.29) is 12.0 Å². The molecule has 1 unspecified atom stereocenters. The first-order valence-corrected chi connectivity index (χ1v) is 9.77. The summed E-state index contributed by atoms with van der Waals surface area (Å²) in [5.41, 5.74) is 2.39. The first-order chi connectivity index (χ1) is 12.1. The molecule has 1 amide bonds. The number of carbonyl (C=O) groups is 1. The van der Waals surface area contributed by atoms with Gasteiger partial charge in [-0.2, -0.15) is 0 Å². The van der Waals surface area contributed by atoms with Crippen molar-refractivity contribution in [2.24, 2.45) is 0 Å². The van der Waals surface area contributed by atoms with E-state index >= 15 is 0 Å². The van der Waals surface area contributed by atoms with Crippen LogP contribution >= 0.6 is 11.8 Å². The molecule has 3 rings (SSSR count). The molecular formula is C19H25N3O2S. The molecule has 1 saturated heterocycles. The number of aromatic nitrogens is 2. The summed E-state index contributed by atoms with van der Waals surface area (Å²) in [6.45, 7) is 5.77. The molecule has 0 saturated carbocycles. The summed E-state index contributed by atoms with van der Waals surface area (Å²) in [5.74, 6) is 0.798. The van der Waals surface area contributed by atoms with Crippen molar-refractivity contribution in [3.63, 3.8) is 0 Å². The minimum Gasteiger partial charge on any atom is -0.376 e. The van der Waals surface area contributed by atoms with Crippen molar-refractivity contribution in [1.29, 1.82) is 0 Å². The average Bonchev–Trinajstić information content (AvgIpc) is 3.29. The van der Waals surface area contributed by atoms with Gasteiger partial charge >= 0.3 is 0 Å². The fourth-order valence-electron chi connectivity index (χ4n) is 2.99. The SMILES string of the molecule is CC(C)c1ccccc1-n1ccnc1SCC(=O)NCC1CCCO1. The highest BCUT2D eigenvalue weighted by atomic mass is 32.2. The molecule has 25 heavy (non-hydrogen) atoms. The molecule has 2 aromatic rings. The van der Waals surface area contributed by atoms with E-state index in [1.165, 1.54) is 17.3 Å². The molecule has 6 heteroatoms. The molecule has 0 bridgehead atoms. The lowest BCUT2D eigenvalue weighted by Crippen LogP contribution is -2.32. The zero-order valence-corrected chi connectivity index (χ0v) is 15.6. The van der Waals surface area contributed by atoms with Gasteiger partial charge in [0.25, 0.3) is 0 Å². The Kier molecular flexibility index (Phi) is 6.15. The minimum absolute atomic E-state index is 0.0206. The van der Waals surface area contributed by atoms with Gasteiger partial charge in [-0.1, -0.05) is 43.8 Å². The number of thioether (sulfide) groups is 1. The number of hydrogen-bond donors (Lipinski definition) is 1. The molecule has 1 aliphatic rings. The van der Waals surface area contributed by atoms with Gasteiger partial charge in [-0.3, -0.25) is 9.36 Å². The third kappa shape index (κ3) is 4.64. The highest BCUT2D eigenvalue weighted by Gasteiger charge is 2.17. The van der Waals surface area contributed by atoms with E-state index in [1.807, 2.05) is 12.3 Å². The minimum atomic E-state index is 0.0206. The van der Waals surface area contributed by atoms with E-state index in [2.05, 4.69) is 46.9 Å². The second-order valence-corrected chi connectivity index (χ2v) is 7.46. The monoisotopic (exact) mass is 359 g/mol. The highest BCUT2D eigenvalue weighted by Crippen LogP contribution is 2.27. The number of rotatable bonds is 7. The van der Waals surface area contributed by atoms with Crippen molar-refractivity contribution < 1.29 is 9.53 Å². The first-order valence-electron chi connectivity index (χ1n) is 8.79. The van der Waals surface area contributed by atoms with Crippen molar-refractivity contribution in [2.45, 2.75) is 43.9 Å². The average molecular weight is 359 g/mol. The standard InChI is InChI=1S/C19H25N3O2S/c1-14(2)16-7-3-4-8-17(16)22-10-9-20-19(22)25-13-18(23)21-12-15-6-5-11-24-15/h3-4,7-10,14-15H,5-6,11-13H2,1-2H3,(H,21,23). The Balaban J connectivity index is 1.61. The van der Waals surface area contributed by atoms with Gasteiger partial charge in [0.1, 0.15) is 0 Å². The highest BCUT2D eigenvalue weighted by molar-refractivity contribution is 7.99. The third-order valence-electron chi connectivity index (χ3n) is 4.31. The predicted molar refractivity (Wildman–Crippen MR) is 100 cm³/mol. The van der Waals surface area contributed by atoms with Gasteiger partial charge in [-0.05, 0) is 30.4 Å². The van der Waals surface area contributed by atoms with Crippen molar-refractivity contribution in [3.8, 4) is 5.69 Å². The van der Waals surface area contributed by atoms with Crippen LogP contribution in [0.4, 0.5) is 0 Å². The second kappa shape index (κ2) is 8.54. The van der Waals surface area contributed by atoms with E-state index in [0.717, 1.165) is 30.3 Å². The fourth-order valence-corrected chi connectivity index (χ4v) is 3.79. The molecule has 134 valence electrons. The summed E-state index contributed by atoms with van der Waals surface area (Å²) < 4.78 is 7.59. The Labute approximate surface area is 153 Å².